The van der Waals surface area contributed by atoms with E-state index in [9.17, 15) is 4.79 Å². The van der Waals surface area contributed by atoms with Crippen LogP contribution in [0, 0.1) is 5.92 Å². The van der Waals surface area contributed by atoms with E-state index in [4.69, 9.17) is 5.11 Å². The van der Waals surface area contributed by atoms with Crippen molar-refractivity contribution in [2.75, 3.05) is 0 Å². The van der Waals surface area contributed by atoms with Crippen LogP contribution < -0.4 is 0 Å². The minimum absolute atomic E-state index is 0.305. The Hall–Kier alpha value is -1.84. The van der Waals surface area contributed by atoms with E-state index in [0.29, 0.717) is 11.5 Å². The van der Waals surface area contributed by atoms with Crippen molar-refractivity contribution < 1.29 is 9.90 Å². The third-order valence-corrected chi connectivity index (χ3v) is 2.49. The van der Waals surface area contributed by atoms with Crippen molar-refractivity contribution in [3.8, 4) is 0 Å². The summed E-state index contributed by atoms with van der Waals surface area (Å²) in [6.07, 6.45) is 0.875. The molecule has 1 aromatic carbocycles. The highest BCUT2D eigenvalue weighted by Gasteiger charge is 2.10. The SMILES string of the molecule is CC(C)Cc1[nH]nc2ccc(C(=O)O)cc12. The lowest BCUT2D eigenvalue weighted by Crippen LogP contribution is -1.97. The Balaban J connectivity index is 2.51. The number of H-pyrrole nitrogens is 1. The minimum Gasteiger partial charge on any atom is -0.478 e. The molecule has 16 heavy (non-hydrogen) atoms. The number of nitrogens with one attached hydrogen (secondary N) is 1. The Labute approximate surface area is 93.3 Å². The monoisotopic (exact) mass is 218 g/mol. The van der Waals surface area contributed by atoms with Crippen molar-refractivity contribution in [2.45, 2.75) is 20.3 Å². The molecule has 4 nitrogen and oxygen atoms in total. The molecular weight excluding hydrogens is 204 g/mol. The van der Waals surface area contributed by atoms with Gasteiger partial charge in [0, 0.05) is 11.1 Å². The van der Waals surface area contributed by atoms with Crippen LogP contribution in [0.5, 0.6) is 0 Å². The summed E-state index contributed by atoms with van der Waals surface area (Å²) in [5.41, 5.74) is 2.13. The molecule has 0 radical (unpaired) electrons. The molecule has 0 fully saturated rings. The summed E-state index contributed by atoms with van der Waals surface area (Å²) in [5.74, 6) is -0.393. The van der Waals surface area contributed by atoms with Gasteiger partial charge in [-0.1, -0.05) is 13.8 Å². The number of nitrogens with zero attached hydrogens (tertiary/aromatic N) is 1. The van der Waals surface area contributed by atoms with Gasteiger partial charge in [-0.25, -0.2) is 4.79 Å². The molecule has 0 atom stereocenters. The van der Waals surface area contributed by atoms with E-state index >= 15 is 0 Å². The molecule has 4 heteroatoms. The number of aromatic carboxylic acids is 1. The zero-order chi connectivity index (χ0) is 11.7. The Morgan fingerprint density at radius 2 is 2.25 bits per heavy atom. The number of rotatable bonds is 3. The molecule has 0 amide bonds. The van der Waals surface area contributed by atoms with Crippen LogP contribution in [-0.2, 0) is 6.42 Å². The fraction of sp³-hybridized carbons (Fsp3) is 0.333. The van der Waals surface area contributed by atoms with Crippen molar-refractivity contribution in [3.05, 3.63) is 29.5 Å². The summed E-state index contributed by atoms with van der Waals surface area (Å²) < 4.78 is 0. The van der Waals surface area contributed by atoms with Crippen LogP contribution in [0.4, 0.5) is 0 Å². The highest BCUT2D eigenvalue weighted by molar-refractivity contribution is 5.94. The zero-order valence-corrected chi connectivity index (χ0v) is 9.32. The van der Waals surface area contributed by atoms with E-state index in [2.05, 4.69) is 24.0 Å². The summed E-state index contributed by atoms with van der Waals surface area (Å²) >= 11 is 0. The lowest BCUT2D eigenvalue weighted by atomic mass is 10.0. The molecule has 0 saturated carbocycles. The Kier molecular flexibility index (Phi) is 2.64. The second kappa shape index (κ2) is 3.96. The van der Waals surface area contributed by atoms with Gasteiger partial charge in [0.2, 0.25) is 0 Å². The fourth-order valence-electron chi connectivity index (χ4n) is 1.76. The number of carboxylic acid groups (broad SMARTS) is 1. The lowest BCUT2D eigenvalue weighted by molar-refractivity contribution is 0.0697. The van der Waals surface area contributed by atoms with Crippen LogP contribution >= 0.6 is 0 Å². The second-order valence-electron chi connectivity index (χ2n) is 4.34. The van der Waals surface area contributed by atoms with E-state index in [-0.39, 0.29) is 0 Å². The van der Waals surface area contributed by atoms with E-state index < -0.39 is 5.97 Å². The van der Waals surface area contributed by atoms with Gasteiger partial charge in [0.05, 0.1) is 11.1 Å². The quantitative estimate of drug-likeness (QED) is 0.831. The summed E-state index contributed by atoms with van der Waals surface area (Å²) in [5, 5.41) is 17.0. The van der Waals surface area contributed by atoms with Gasteiger partial charge in [0.25, 0.3) is 0 Å². The summed E-state index contributed by atoms with van der Waals surface area (Å²) in [6, 6.07) is 4.99. The molecule has 0 saturated heterocycles. The average Bonchev–Trinajstić information content (AvgIpc) is 2.60. The van der Waals surface area contributed by atoms with Gasteiger partial charge in [-0.2, -0.15) is 5.10 Å². The Morgan fingerprint density at radius 1 is 1.50 bits per heavy atom. The minimum atomic E-state index is -0.904. The summed E-state index contributed by atoms with van der Waals surface area (Å²) in [7, 11) is 0. The smallest absolute Gasteiger partial charge is 0.335 e. The first-order chi connectivity index (χ1) is 7.58. The van der Waals surface area contributed by atoms with Gasteiger partial charge in [0.15, 0.2) is 0 Å². The number of benzene rings is 1. The molecule has 2 aromatic rings. The van der Waals surface area contributed by atoms with Crippen molar-refractivity contribution in [3.63, 3.8) is 0 Å². The maximum absolute atomic E-state index is 10.9. The molecule has 1 heterocycles. The average molecular weight is 218 g/mol. The van der Waals surface area contributed by atoms with Crippen molar-refractivity contribution in [2.24, 2.45) is 5.92 Å². The van der Waals surface area contributed by atoms with Crippen molar-refractivity contribution in [1.82, 2.24) is 10.2 Å². The van der Waals surface area contributed by atoms with Crippen LogP contribution in [0.2, 0.25) is 0 Å². The molecule has 2 N–H and O–H groups in total. The highest BCUT2D eigenvalue weighted by Crippen LogP contribution is 2.20. The molecule has 0 aliphatic rings. The molecule has 0 spiro atoms. The van der Waals surface area contributed by atoms with Crippen LogP contribution in [0.1, 0.15) is 29.9 Å². The maximum atomic E-state index is 10.9. The van der Waals surface area contributed by atoms with Gasteiger partial charge in [-0.3, -0.25) is 5.10 Å². The number of hydrogen-bond donors (Lipinski definition) is 2. The number of aromatic nitrogens is 2. The van der Waals surface area contributed by atoms with Gasteiger partial charge in [-0.05, 0) is 30.5 Å². The number of carbonyl (C=O) groups is 1. The van der Waals surface area contributed by atoms with Crippen molar-refractivity contribution in [1.29, 1.82) is 0 Å². The Morgan fingerprint density at radius 3 is 2.88 bits per heavy atom. The summed E-state index contributed by atoms with van der Waals surface area (Å²) in [6.45, 7) is 4.24. The molecule has 1 aromatic heterocycles. The number of aromatic amines is 1. The number of hydrogen-bond acceptors (Lipinski definition) is 2. The van der Waals surface area contributed by atoms with Gasteiger partial charge >= 0.3 is 5.97 Å². The largest absolute Gasteiger partial charge is 0.478 e. The summed E-state index contributed by atoms with van der Waals surface area (Å²) in [4.78, 5) is 10.9. The third kappa shape index (κ3) is 1.91. The van der Waals surface area contributed by atoms with Crippen LogP contribution in [0.3, 0.4) is 0 Å². The number of carboxylic acids is 1. The van der Waals surface area contributed by atoms with E-state index in [0.717, 1.165) is 23.0 Å². The molecule has 0 unspecified atom stereocenters. The van der Waals surface area contributed by atoms with E-state index in [1.807, 2.05) is 0 Å². The normalized spacial score (nSPS) is 11.2. The zero-order valence-electron chi connectivity index (χ0n) is 9.32. The van der Waals surface area contributed by atoms with Crippen molar-refractivity contribution >= 4 is 16.9 Å². The third-order valence-electron chi connectivity index (χ3n) is 2.49. The van der Waals surface area contributed by atoms with Crippen LogP contribution in [0.15, 0.2) is 18.2 Å². The van der Waals surface area contributed by atoms with E-state index in [1.54, 1.807) is 18.2 Å². The van der Waals surface area contributed by atoms with Gasteiger partial charge in [0.1, 0.15) is 0 Å². The first-order valence-corrected chi connectivity index (χ1v) is 5.28. The molecule has 84 valence electrons. The fourth-order valence-corrected chi connectivity index (χ4v) is 1.76. The van der Waals surface area contributed by atoms with Crippen LogP contribution in [-0.4, -0.2) is 21.3 Å². The molecule has 0 aliphatic heterocycles. The van der Waals surface area contributed by atoms with Gasteiger partial charge in [-0.15, -0.1) is 0 Å². The first kappa shape index (κ1) is 10.7. The molecular formula is C12H14N2O2. The highest BCUT2D eigenvalue weighted by atomic mass is 16.4. The lowest BCUT2D eigenvalue weighted by Gasteiger charge is -2.02. The number of fused-ring (bicyclic) bond motifs is 1. The van der Waals surface area contributed by atoms with Crippen LogP contribution in [0.25, 0.3) is 10.9 Å². The molecule has 2 rings (SSSR count). The predicted molar refractivity (Wildman–Crippen MR) is 61.6 cm³/mol. The Bertz CT molecular complexity index is 529. The van der Waals surface area contributed by atoms with Gasteiger partial charge < -0.3 is 5.11 Å². The maximum Gasteiger partial charge on any atom is 0.335 e. The standard InChI is InChI=1S/C12H14N2O2/c1-7(2)5-11-9-6-8(12(15)16)3-4-10(9)13-14-11/h3-4,6-7H,5H2,1-2H3,(H,13,14)(H,15,16). The molecule has 0 aliphatic carbocycles. The van der Waals surface area contributed by atoms with E-state index in [1.165, 1.54) is 0 Å². The molecule has 0 bridgehead atoms. The first-order valence-electron chi connectivity index (χ1n) is 5.28. The second-order valence-corrected chi connectivity index (χ2v) is 4.34. The predicted octanol–water partition coefficient (Wildman–Crippen LogP) is 2.46. The topological polar surface area (TPSA) is 66.0 Å².